The molecule has 0 spiro atoms. The van der Waals surface area contributed by atoms with E-state index < -0.39 is 12.6 Å². The van der Waals surface area contributed by atoms with Crippen molar-refractivity contribution in [1.82, 2.24) is 5.32 Å². The Hall–Kier alpha value is -0.980. The van der Waals surface area contributed by atoms with Gasteiger partial charge in [-0.2, -0.15) is 13.2 Å². The highest BCUT2D eigenvalue weighted by atomic mass is 19.4. The molecule has 0 aliphatic rings. The van der Waals surface area contributed by atoms with Crippen molar-refractivity contribution in [3.05, 3.63) is 0 Å². The minimum Gasteiger partial charge on any atom is -0.383 e. The van der Waals surface area contributed by atoms with Crippen LogP contribution < -0.4 is 11.1 Å². The monoisotopic (exact) mass is 213 g/mol. The Morgan fingerprint density at radius 2 is 2.14 bits per heavy atom. The summed E-state index contributed by atoms with van der Waals surface area (Å²) in [6, 6.07) is 0. The Balaban J connectivity index is 3.56. The number of methoxy groups -OCH3 is 1. The molecule has 0 unspecified atom stereocenters. The standard InChI is InChI=1S/C7H14F3N3O/c1-14-5-4-13-6(11)12-3-2-7(8,9)10/h2-5H2,1H3,(H3,11,12,13). The second-order valence-corrected chi connectivity index (χ2v) is 2.55. The van der Waals surface area contributed by atoms with Gasteiger partial charge in [0.2, 0.25) is 0 Å². The maximum absolute atomic E-state index is 11.7. The van der Waals surface area contributed by atoms with E-state index in [0.29, 0.717) is 13.2 Å². The third kappa shape index (κ3) is 9.11. The van der Waals surface area contributed by atoms with Crippen LogP contribution in [-0.2, 0) is 4.74 Å². The molecule has 0 saturated carbocycles. The number of aliphatic imine (C=N–C) groups is 1. The fourth-order valence-electron chi connectivity index (χ4n) is 0.640. The lowest BCUT2D eigenvalue weighted by molar-refractivity contribution is -0.132. The Morgan fingerprint density at radius 1 is 1.50 bits per heavy atom. The second kappa shape index (κ2) is 6.47. The molecule has 0 fully saturated rings. The van der Waals surface area contributed by atoms with Crippen molar-refractivity contribution >= 4 is 5.96 Å². The summed E-state index contributed by atoms with van der Waals surface area (Å²) in [4.78, 5) is 3.49. The molecule has 14 heavy (non-hydrogen) atoms. The number of nitrogens with two attached hydrogens (primary N) is 1. The summed E-state index contributed by atoms with van der Waals surface area (Å²) in [5, 5.41) is 2.61. The minimum absolute atomic E-state index is 0.00583. The molecule has 4 nitrogen and oxygen atoms in total. The van der Waals surface area contributed by atoms with Crippen molar-refractivity contribution in [2.24, 2.45) is 10.7 Å². The van der Waals surface area contributed by atoms with Gasteiger partial charge in [0.1, 0.15) is 0 Å². The SMILES string of the molecule is COCCNC(N)=NCCC(F)(F)F. The molecule has 0 aliphatic heterocycles. The third-order valence-corrected chi connectivity index (χ3v) is 1.29. The van der Waals surface area contributed by atoms with Crippen LogP contribution in [0.25, 0.3) is 0 Å². The Labute approximate surface area is 80.3 Å². The van der Waals surface area contributed by atoms with Crippen LogP contribution >= 0.6 is 0 Å². The molecule has 3 N–H and O–H groups in total. The topological polar surface area (TPSA) is 59.6 Å². The third-order valence-electron chi connectivity index (χ3n) is 1.29. The van der Waals surface area contributed by atoms with Crippen LogP contribution in [0.1, 0.15) is 6.42 Å². The highest BCUT2D eigenvalue weighted by Crippen LogP contribution is 2.18. The Morgan fingerprint density at radius 3 is 2.64 bits per heavy atom. The number of hydrogen-bond acceptors (Lipinski definition) is 2. The molecule has 0 bridgehead atoms. The number of hydrogen-bond donors (Lipinski definition) is 2. The lowest BCUT2D eigenvalue weighted by Gasteiger charge is -2.05. The largest absolute Gasteiger partial charge is 0.390 e. The van der Waals surface area contributed by atoms with Gasteiger partial charge < -0.3 is 15.8 Å². The van der Waals surface area contributed by atoms with Crippen LogP contribution in [0.15, 0.2) is 4.99 Å². The van der Waals surface area contributed by atoms with Crippen molar-refractivity contribution in [1.29, 1.82) is 0 Å². The first kappa shape index (κ1) is 13.0. The van der Waals surface area contributed by atoms with Gasteiger partial charge >= 0.3 is 6.18 Å². The summed E-state index contributed by atoms with van der Waals surface area (Å²) >= 11 is 0. The van der Waals surface area contributed by atoms with Crippen molar-refractivity contribution in [2.75, 3.05) is 26.8 Å². The summed E-state index contributed by atoms with van der Waals surface area (Å²) in [5.74, 6) is 0.00583. The highest BCUT2D eigenvalue weighted by Gasteiger charge is 2.25. The van der Waals surface area contributed by atoms with E-state index in [4.69, 9.17) is 10.5 Å². The van der Waals surface area contributed by atoms with E-state index in [-0.39, 0.29) is 12.5 Å². The average molecular weight is 213 g/mol. The van der Waals surface area contributed by atoms with Crippen molar-refractivity contribution in [2.45, 2.75) is 12.6 Å². The van der Waals surface area contributed by atoms with Gasteiger partial charge in [-0.3, -0.25) is 4.99 Å². The lowest BCUT2D eigenvalue weighted by Crippen LogP contribution is -2.34. The molecule has 0 heterocycles. The predicted octanol–water partition coefficient (Wildman–Crippen LogP) is 0.489. The summed E-state index contributed by atoms with van der Waals surface area (Å²) in [6.07, 6.45) is -5.14. The van der Waals surface area contributed by atoms with Gasteiger partial charge in [-0.1, -0.05) is 0 Å². The normalized spacial score (nSPS) is 13.0. The van der Waals surface area contributed by atoms with E-state index in [1.165, 1.54) is 7.11 Å². The molecule has 0 aliphatic carbocycles. The first-order valence-corrected chi connectivity index (χ1v) is 4.05. The molecule has 0 saturated heterocycles. The highest BCUT2D eigenvalue weighted by molar-refractivity contribution is 5.77. The van der Waals surface area contributed by atoms with E-state index in [1.807, 2.05) is 0 Å². The van der Waals surface area contributed by atoms with Crippen molar-refractivity contribution < 1.29 is 17.9 Å². The van der Waals surface area contributed by atoms with Crippen LogP contribution in [0.3, 0.4) is 0 Å². The lowest BCUT2D eigenvalue weighted by atomic mass is 10.4. The van der Waals surface area contributed by atoms with Crippen LogP contribution in [0.5, 0.6) is 0 Å². The fraction of sp³-hybridized carbons (Fsp3) is 0.857. The number of alkyl halides is 3. The van der Waals surface area contributed by atoms with E-state index in [9.17, 15) is 13.2 Å². The number of rotatable bonds is 5. The number of nitrogens with one attached hydrogen (secondary N) is 1. The van der Waals surface area contributed by atoms with Gasteiger partial charge in [-0.05, 0) is 0 Å². The molecule has 0 radical (unpaired) electrons. The van der Waals surface area contributed by atoms with E-state index >= 15 is 0 Å². The predicted molar refractivity (Wildman–Crippen MR) is 47.0 cm³/mol. The van der Waals surface area contributed by atoms with Crippen LogP contribution in [0.4, 0.5) is 13.2 Å². The second-order valence-electron chi connectivity index (χ2n) is 2.55. The quantitative estimate of drug-likeness (QED) is 0.397. The zero-order valence-electron chi connectivity index (χ0n) is 7.90. The molecular weight excluding hydrogens is 199 g/mol. The molecule has 0 aromatic carbocycles. The van der Waals surface area contributed by atoms with Crippen LogP contribution in [-0.4, -0.2) is 38.9 Å². The number of guanidine groups is 1. The van der Waals surface area contributed by atoms with E-state index in [0.717, 1.165) is 0 Å². The molecular formula is C7H14F3N3O. The zero-order valence-corrected chi connectivity index (χ0v) is 7.90. The van der Waals surface area contributed by atoms with Crippen LogP contribution in [0, 0.1) is 0 Å². The molecule has 84 valence electrons. The maximum atomic E-state index is 11.7. The fourth-order valence-corrected chi connectivity index (χ4v) is 0.640. The summed E-state index contributed by atoms with van der Waals surface area (Å²) in [7, 11) is 1.51. The average Bonchev–Trinajstić information content (AvgIpc) is 2.02. The smallest absolute Gasteiger partial charge is 0.383 e. The maximum Gasteiger partial charge on any atom is 0.390 e. The summed E-state index contributed by atoms with van der Waals surface area (Å²) in [6.45, 7) is 0.503. The van der Waals surface area contributed by atoms with Crippen molar-refractivity contribution in [3.63, 3.8) is 0 Å². The Kier molecular flexibility index (Phi) is 6.02. The molecule has 7 heteroatoms. The summed E-state index contributed by atoms with van der Waals surface area (Å²) in [5.41, 5.74) is 5.26. The number of nitrogens with zero attached hydrogens (tertiary/aromatic N) is 1. The van der Waals surface area contributed by atoms with Gasteiger partial charge in [0.25, 0.3) is 0 Å². The molecule has 0 aromatic heterocycles. The van der Waals surface area contributed by atoms with Gasteiger partial charge in [0.15, 0.2) is 5.96 Å². The van der Waals surface area contributed by atoms with Crippen molar-refractivity contribution in [3.8, 4) is 0 Å². The van der Waals surface area contributed by atoms with Gasteiger partial charge in [0.05, 0.1) is 19.6 Å². The Bertz CT molecular complexity index is 182. The van der Waals surface area contributed by atoms with E-state index in [1.54, 1.807) is 0 Å². The minimum atomic E-state index is -4.18. The number of ether oxygens (including phenoxy) is 1. The molecule has 0 amide bonds. The first-order chi connectivity index (χ1) is 6.45. The van der Waals surface area contributed by atoms with Gasteiger partial charge in [-0.15, -0.1) is 0 Å². The van der Waals surface area contributed by atoms with Gasteiger partial charge in [-0.25, -0.2) is 0 Å². The zero-order chi connectivity index (χ0) is 11.0. The van der Waals surface area contributed by atoms with E-state index in [2.05, 4.69) is 10.3 Å². The molecule has 0 rings (SSSR count). The number of halogens is 3. The summed E-state index contributed by atoms with van der Waals surface area (Å²) < 4.78 is 39.7. The molecule has 0 aromatic rings. The van der Waals surface area contributed by atoms with Crippen LogP contribution in [0.2, 0.25) is 0 Å². The first-order valence-electron chi connectivity index (χ1n) is 4.05. The van der Waals surface area contributed by atoms with Gasteiger partial charge in [0, 0.05) is 13.7 Å². The molecule has 0 atom stereocenters.